The number of ether oxygens (including phenoxy) is 1. The number of hydrogen-bond donors (Lipinski definition) is 2. The number of Topliss-reactive ketones (excluding diaryl/α,β-unsaturated/α-hetero) is 1. The van der Waals surface area contributed by atoms with E-state index in [1.807, 2.05) is 45.0 Å². The number of hydrogen-bond acceptors (Lipinski definition) is 6. The number of nitrogens with one attached hydrogen (secondary N) is 1. The molecule has 1 fully saturated rings. The van der Waals surface area contributed by atoms with E-state index in [-0.39, 0.29) is 23.4 Å². The van der Waals surface area contributed by atoms with Gasteiger partial charge in [-0.15, -0.1) is 0 Å². The number of fused-ring (bicyclic) bond motifs is 1. The Labute approximate surface area is 201 Å². The van der Waals surface area contributed by atoms with Crippen LogP contribution in [0.2, 0.25) is 0 Å². The summed E-state index contributed by atoms with van der Waals surface area (Å²) in [7, 11) is 0. The number of benzene rings is 2. The quantitative estimate of drug-likeness (QED) is 0.236. The highest BCUT2D eigenvalue weighted by atomic mass is 16.5. The number of nitrogens with zero attached hydrogens (tertiary/aromatic N) is 2. The monoisotopic (exact) mass is 471 g/mol. The van der Waals surface area contributed by atoms with Crippen LogP contribution in [0.1, 0.15) is 42.5 Å². The van der Waals surface area contributed by atoms with Gasteiger partial charge in [-0.25, -0.2) is 4.98 Å². The predicted octanol–water partition coefficient (Wildman–Crippen LogP) is 5.19. The average Bonchev–Trinajstić information content (AvgIpc) is 3.50. The van der Waals surface area contributed by atoms with E-state index in [1.165, 1.54) is 4.90 Å². The molecule has 0 saturated carbocycles. The summed E-state index contributed by atoms with van der Waals surface area (Å²) >= 11 is 0. The summed E-state index contributed by atoms with van der Waals surface area (Å²) in [5.41, 5.74) is 2.49. The molecule has 8 heteroatoms. The molecule has 0 aliphatic carbocycles. The number of H-pyrrole nitrogens is 1. The van der Waals surface area contributed by atoms with Crippen molar-refractivity contribution >= 4 is 34.4 Å². The number of aryl methyl sites for hydroxylation is 2. The molecule has 3 heterocycles. The van der Waals surface area contributed by atoms with Crippen molar-refractivity contribution in [1.29, 1.82) is 0 Å². The zero-order valence-corrected chi connectivity index (χ0v) is 19.8. The lowest BCUT2D eigenvalue weighted by Crippen LogP contribution is -2.30. The molecule has 1 saturated heterocycles. The lowest BCUT2D eigenvalue weighted by molar-refractivity contribution is -0.132. The van der Waals surface area contributed by atoms with Crippen LogP contribution in [0.15, 0.2) is 64.6 Å². The third-order valence-electron chi connectivity index (χ3n) is 5.89. The van der Waals surface area contributed by atoms with Crippen LogP contribution < -0.4 is 9.64 Å². The maximum absolute atomic E-state index is 13.3. The van der Waals surface area contributed by atoms with Crippen molar-refractivity contribution in [2.24, 2.45) is 0 Å². The van der Waals surface area contributed by atoms with Gasteiger partial charge in [-0.05, 0) is 75.7 Å². The van der Waals surface area contributed by atoms with Crippen LogP contribution in [0.5, 0.6) is 5.75 Å². The molecule has 0 bridgehead atoms. The Morgan fingerprint density at radius 1 is 1.11 bits per heavy atom. The van der Waals surface area contributed by atoms with Crippen molar-refractivity contribution < 1.29 is 23.8 Å². The SMILES string of the molecule is Cc1ccc(C2/C(=C(\O)c3ccc(OC(C)C)c(C)c3)C(=O)C(=O)N2c2nc3ccccc3[nH]2)o1. The van der Waals surface area contributed by atoms with Crippen LogP contribution in [0.4, 0.5) is 5.95 Å². The molecule has 178 valence electrons. The molecule has 2 aromatic heterocycles. The second-order valence-electron chi connectivity index (χ2n) is 8.84. The predicted molar refractivity (Wildman–Crippen MR) is 131 cm³/mol. The minimum atomic E-state index is -0.990. The summed E-state index contributed by atoms with van der Waals surface area (Å²) in [5, 5.41) is 11.3. The highest BCUT2D eigenvalue weighted by Gasteiger charge is 2.49. The fourth-order valence-corrected chi connectivity index (χ4v) is 4.31. The number of aliphatic hydroxyl groups excluding tert-OH is 1. The van der Waals surface area contributed by atoms with Crippen molar-refractivity contribution in [1.82, 2.24) is 9.97 Å². The molecule has 2 N–H and O–H groups in total. The van der Waals surface area contributed by atoms with Gasteiger partial charge in [0.2, 0.25) is 5.95 Å². The molecule has 35 heavy (non-hydrogen) atoms. The summed E-state index contributed by atoms with van der Waals surface area (Å²) in [5.74, 6) is -0.0781. The molecule has 1 aliphatic rings. The van der Waals surface area contributed by atoms with E-state index < -0.39 is 17.7 Å². The van der Waals surface area contributed by atoms with E-state index in [2.05, 4.69) is 9.97 Å². The molecule has 2 aromatic carbocycles. The first kappa shape index (κ1) is 22.5. The molecular weight excluding hydrogens is 446 g/mol. The first-order valence-corrected chi connectivity index (χ1v) is 11.3. The van der Waals surface area contributed by atoms with Gasteiger partial charge in [-0.2, -0.15) is 0 Å². The third kappa shape index (κ3) is 3.86. The van der Waals surface area contributed by atoms with E-state index >= 15 is 0 Å². The largest absolute Gasteiger partial charge is 0.507 e. The molecule has 0 spiro atoms. The summed E-state index contributed by atoms with van der Waals surface area (Å²) < 4.78 is 11.6. The van der Waals surface area contributed by atoms with Crippen LogP contribution in [-0.4, -0.2) is 32.9 Å². The summed E-state index contributed by atoms with van der Waals surface area (Å²) in [4.78, 5) is 35.4. The minimum absolute atomic E-state index is 0.00975. The number of carbonyl (C=O) groups excluding carboxylic acids is 2. The van der Waals surface area contributed by atoms with Crippen LogP contribution in [-0.2, 0) is 9.59 Å². The van der Waals surface area contributed by atoms with Crippen LogP contribution in [0.25, 0.3) is 16.8 Å². The number of ketones is 1. The average molecular weight is 472 g/mol. The molecule has 0 radical (unpaired) electrons. The maximum Gasteiger partial charge on any atom is 0.302 e. The Bertz CT molecular complexity index is 1460. The number of rotatable bonds is 5. The first-order chi connectivity index (χ1) is 16.7. The number of aromatic nitrogens is 2. The van der Waals surface area contributed by atoms with Crippen molar-refractivity contribution in [3.05, 3.63) is 82.8 Å². The van der Waals surface area contributed by atoms with E-state index in [0.717, 1.165) is 11.1 Å². The van der Waals surface area contributed by atoms with Crippen molar-refractivity contribution in [2.45, 2.75) is 39.8 Å². The molecule has 5 rings (SSSR count). The Morgan fingerprint density at radius 3 is 2.54 bits per heavy atom. The van der Waals surface area contributed by atoms with E-state index in [0.29, 0.717) is 28.4 Å². The summed E-state index contributed by atoms with van der Waals surface area (Å²) in [6.45, 7) is 7.49. The number of aliphatic hydroxyl groups is 1. The van der Waals surface area contributed by atoms with Gasteiger partial charge < -0.3 is 19.2 Å². The maximum atomic E-state index is 13.3. The van der Waals surface area contributed by atoms with E-state index in [9.17, 15) is 14.7 Å². The van der Waals surface area contributed by atoms with Gasteiger partial charge in [0, 0.05) is 5.56 Å². The molecule has 1 amide bonds. The topological polar surface area (TPSA) is 109 Å². The number of imidazole rings is 1. The van der Waals surface area contributed by atoms with Crippen molar-refractivity contribution in [3.63, 3.8) is 0 Å². The first-order valence-electron chi connectivity index (χ1n) is 11.3. The molecule has 1 aliphatic heterocycles. The number of furan rings is 1. The fraction of sp³-hybridized carbons (Fsp3) is 0.222. The second kappa shape index (κ2) is 8.47. The van der Waals surface area contributed by atoms with Gasteiger partial charge in [0.1, 0.15) is 29.1 Å². The van der Waals surface area contributed by atoms with Gasteiger partial charge in [0.05, 0.1) is 22.7 Å². The summed E-state index contributed by atoms with van der Waals surface area (Å²) in [6.07, 6.45) is -0.00975. The van der Waals surface area contributed by atoms with Gasteiger partial charge in [0.15, 0.2) is 0 Å². The van der Waals surface area contributed by atoms with E-state index in [1.54, 1.807) is 37.3 Å². The van der Waals surface area contributed by atoms with Gasteiger partial charge in [-0.3, -0.25) is 14.5 Å². The molecule has 1 atom stereocenters. The second-order valence-corrected chi connectivity index (χ2v) is 8.84. The smallest absolute Gasteiger partial charge is 0.302 e. The number of amides is 1. The minimum Gasteiger partial charge on any atom is -0.507 e. The fourth-order valence-electron chi connectivity index (χ4n) is 4.31. The molecule has 8 nitrogen and oxygen atoms in total. The Morgan fingerprint density at radius 2 is 1.89 bits per heavy atom. The Balaban J connectivity index is 1.67. The van der Waals surface area contributed by atoms with Crippen LogP contribution in [0, 0.1) is 13.8 Å². The Hall–Kier alpha value is -4.33. The van der Waals surface area contributed by atoms with Crippen molar-refractivity contribution in [3.8, 4) is 5.75 Å². The lowest BCUT2D eigenvalue weighted by Gasteiger charge is -2.21. The third-order valence-corrected chi connectivity index (χ3v) is 5.89. The number of anilines is 1. The van der Waals surface area contributed by atoms with E-state index in [4.69, 9.17) is 9.15 Å². The zero-order chi connectivity index (χ0) is 24.9. The number of para-hydroxylation sites is 2. The lowest BCUT2D eigenvalue weighted by atomic mass is 9.98. The number of aromatic amines is 1. The molecule has 4 aromatic rings. The van der Waals surface area contributed by atoms with Gasteiger partial charge >= 0.3 is 5.91 Å². The highest BCUT2D eigenvalue weighted by Crippen LogP contribution is 2.42. The van der Waals surface area contributed by atoms with Gasteiger partial charge in [0.25, 0.3) is 5.78 Å². The zero-order valence-electron chi connectivity index (χ0n) is 19.8. The van der Waals surface area contributed by atoms with Gasteiger partial charge in [-0.1, -0.05) is 12.1 Å². The molecule has 1 unspecified atom stereocenters. The highest BCUT2D eigenvalue weighted by molar-refractivity contribution is 6.51. The van der Waals surface area contributed by atoms with Crippen molar-refractivity contribution in [2.75, 3.05) is 4.90 Å². The Kier molecular flexibility index (Phi) is 5.43. The molecular formula is C27H25N3O5. The standard InChI is InChI=1S/C27H25N3O5/c1-14(2)34-20-12-10-17(13-15(20)3)24(31)22-23(21-11-9-16(4)35-21)30(26(33)25(22)32)27-28-18-7-5-6-8-19(18)29-27/h5-14,23,31H,1-4H3,(H,28,29)/b24-22+. The summed E-state index contributed by atoms with van der Waals surface area (Å²) in [6, 6.07) is 14.9. The number of carbonyl (C=O) groups is 2. The van der Waals surface area contributed by atoms with Crippen LogP contribution >= 0.6 is 0 Å². The van der Waals surface area contributed by atoms with Crippen LogP contribution in [0.3, 0.4) is 0 Å². The normalized spacial score (nSPS) is 17.6.